The van der Waals surface area contributed by atoms with E-state index in [0.717, 1.165) is 36.9 Å². The van der Waals surface area contributed by atoms with Gasteiger partial charge in [-0.1, -0.05) is 47.3 Å². The molecule has 2 amide bonds. The minimum absolute atomic E-state index is 0.0513. The molecule has 0 spiro atoms. The lowest BCUT2D eigenvalue weighted by Gasteiger charge is -2.12. The summed E-state index contributed by atoms with van der Waals surface area (Å²) >= 11 is 12.1. The first-order valence-corrected chi connectivity index (χ1v) is 12.5. The van der Waals surface area contributed by atoms with Gasteiger partial charge in [0.1, 0.15) is 5.75 Å². The number of anilines is 1. The van der Waals surface area contributed by atoms with Gasteiger partial charge in [0.25, 0.3) is 5.91 Å². The number of nitrogens with one attached hydrogen (secondary N) is 2. The Kier molecular flexibility index (Phi) is 7.16. The van der Waals surface area contributed by atoms with Crippen molar-refractivity contribution in [2.75, 3.05) is 5.32 Å². The van der Waals surface area contributed by atoms with Crippen molar-refractivity contribution < 1.29 is 19.2 Å². The predicted octanol–water partition coefficient (Wildman–Crippen LogP) is 6.22. The van der Waals surface area contributed by atoms with Crippen LogP contribution in [0.5, 0.6) is 5.75 Å². The highest BCUT2D eigenvalue weighted by molar-refractivity contribution is 6.42. The number of nitrogens with zero attached hydrogens (tertiary/aromatic N) is 3. The van der Waals surface area contributed by atoms with Crippen LogP contribution >= 0.6 is 23.2 Å². The Hall–Kier alpha value is -3.82. The lowest BCUT2D eigenvalue weighted by Crippen LogP contribution is -2.30. The summed E-state index contributed by atoms with van der Waals surface area (Å²) in [6, 6.07) is 12.8. The molecule has 1 saturated carbocycles. The van der Waals surface area contributed by atoms with Crippen molar-refractivity contribution in [3.05, 3.63) is 81.8 Å². The first-order valence-electron chi connectivity index (χ1n) is 11.8. The van der Waals surface area contributed by atoms with Crippen LogP contribution in [0.25, 0.3) is 11.3 Å². The summed E-state index contributed by atoms with van der Waals surface area (Å²) in [6.45, 7) is 0.250. The zero-order chi connectivity index (χ0) is 25.9. The standard InChI is InChI=1S/C26H23Cl2N5O4/c27-19-8-5-15(11-20(19)28)14-29-26(36)33-22(16-3-1-2-4-16)13-21(32-33)18-7-6-17(12-23(18)34)31-25(35)24-9-10-30-37-24/h5-13,16,34H,1-4,14H2,(H,29,36)(H,31,35). The Morgan fingerprint density at radius 2 is 1.86 bits per heavy atom. The SMILES string of the molecule is O=C(Nc1ccc(-c2cc(C3CCCC3)n(C(=O)NCc3ccc(Cl)c(Cl)c3)n2)c(O)c1)c1ccno1. The van der Waals surface area contributed by atoms with E-state index in [1.54, 1.807) is 30.3 Å². The number of aromatic hydroxyl groups is 1. The zero-order valence-electron chi connectivity index (χ0n) is 19.6. The third-order valence-electron chi connectivity index (χ3n) is 6.32. The number of carbonyl (C=O) groups is 2. The molecule has 5 rings (SSSR count). The monoisotopic (exact) mass is 539 g/mol. The van der Waals surface area contributed by atoms with Crippen LogP contribution < -0.4 is 10.6 Å². The van der Waals surface area contributed by atoms with E-state index in [9.17, 15) is 14.7 Å². The quantitative estimate of drug-likeness (QED) is 0.267. The van der Waals surface area contributed by atoms with Crippen molar-refractivity contribution in [2.45, 2.75) is 38.1 Å². The molecule has 0 atom stereocenters. The maximum Gasteiger partial charge on any atom is 0.342 e. The molecule has 1 aliphatic carbocycles. The number of rotatable bonds is 6. The fraction of sp³-hybridized carbons (Fsp3) is 0.231. The number of hydrogen-bond donors (Lipinski definition) is 3. The summed E-state index contributed by atoms with van der Waals surface area (Å²) in [5.41, 5.74) is 2.86. The van der Waals surface area contributed by atoms with Crippen LogP contribution in [0.15, 0.2) is 59.3 Å². The van der Waals surface area contributed by atoms with E-state index in [1.807, 2.05) is 6.07 Å². The highest BCUT2D eigenvalue weighted by atomic mass is 35.5. The van der Waals surface area contributed by atoms with Gasteiger partial charge in [-0.05, 0) is 48.7 Å². The van der Waals surface area contributed by atoms with Gasteiger partial charge in [-0.15, -0.1) is 0 Å². The average Bonchev–Trinajstić information content (AvgIpc) is 3.66. The minimum atomic E-state index is -0.490. The Balaban J connectivity index is 1.38. The minimum Gasteiger partial charge on any atom is -0.507 e. The second kappa shape index (κ2) is 10.7. The van der Waals surface area contributed by atoms with Gasteiger partial charge >= 0.3 is 6.03 Å². The van der Waals surface area contributed by atoms with E-state index >= 15 is 0 Å². The number of hydrogen-bond acceptors (Lipinski definition) is 6. The van der Waals surface area contributed by atoms with Gasteiger partial charge in [0, 0.05) is 35.8 Å². The number of halogens is 2. The third-order valence-corrected chi connectivity index (χ3v) is 7.06. The molecule has 190 valence electrons. The summed E-state index contributed by atoms with van der Waals surface area (Å²) in [7, 11) is 0. The van der Waals surface area contributed by atoms with Gasteiger partial charge in [0.15, 0.2) is 0 Å². The van der Waals surface area contributed by atoms with E-state index in [2.05, 4.69) is 20.9 Å². The second-order valence-corrected chi connectivity index (χ2v) is 9.63. The van der Waals surface area contributed by atoms with E-state index in [0.29, 0.717) is 27.0 Å². The van der Waals surface area contributed by atoms with Crippen molar-refractivity contribution in [2.24, 2.45) is 0 Å². The maximum atomic E-state index is 13.2. The smallest absolute Gasteiger partial charge is 0.342 e. The van der Waals surface area contributed by atoms with Crippen LogP contribution in [0.4, 0.5) is 10.5 Å². The number of phenols is 1. The molecule has 0 saturated heterocycles. The summed E-state index contributed by atoms with van der Waals surface area (Å²) < 4.78 is 6.23. The Labute approximate surface area is 222 Å². The maximum absolute atomic E-state index is 13.2. The Morgan fingerprint density at radius 1 is 1.05 bits per heavy atom. The van der Waals surface area contributed by atoms with E-state index in [1.165, 1.54) is 23.0 Å². The highest BCUT2D eigenvalue weighted by Gasteiger charge is 2.26. The molecule has 1 fully saturated rings. The number of benzene rings is 2. The van der Waals surface area contributed by atoms with Crippen LogP contribution in [-0.2, 0) is 6.54 Å². The van der Waals surface area contributed by atoms with Crippen LogP contribution in [0.1, 0.15) is 53.4 Å². The van der Waals surface area contributed by atoms with Crippen molar-refractivity contribution in [3.8, 4) is 17.0 Å². The normalized spacial score (nSPS) is 13.6. The van der Waals surface area contributed by atoms with Gasteiger partial charge in [-0.25, -0.2) is 4.79 Å². The summed E-state index contributed by atoms with van der Waals surface area (Å²) in [5.74, 6) is -0.333. The molecule has 11 heteroatoms. The van der Waals surface area contributed by atoms with Crippen molar-refractivity contribution in [3.63, 3.8) is 0 Å². The number of phenolic OH excluding ortho intramolecular Hbond substituents is 1. The number of amides is 2. The van der Waals surface area contributed by atoms with Crippen LogP contribution in [0.3, 0.4) is 0 Å². The molecule has 1 aliphatic rings. The molecule has 9 nitrogen and oxygen atoms in total. The van der Waals surface area contributed by atoms with Crippen LogP contribution in [0, 0.1) is 0 Å². The molecule has 4 aromatic rings. The fourth-order valence-electron chi connectivity index (χ4n) is 4.46. The lowest BCUT2D eigenvalue weighted by molar-refractivity contribution is 0.0988. The molecule has 3 N–H and O–H groups in total. The first-order chi connectivity index (χ1) is 17.9. The van der Waals surface area contributed by atoms with Crippen molar-refractivity contribution in [1.29, 1.82) is 0 Å². The molecule has 2 heterocycles. The van der Waals surface area contributed by atoms with Gasteiger partial charge in [0.2, 0.25) is 5.76 Å². The molecule has 2 aromatic heterocycles. The number of aromatic nitrogens is 3. The summed E-state index contributed by atoms with van der Waals surface area (Å²) in [4.78, 5) is 25.4. The van der Waals surface area contributed by atoms with Gasteiger partial charge in [0.05, 0.1) is 27.6 Å². The highest BCUT2D eigenvalue weighted by Crippen LogP contribution is 2.38. The second-order valence-electron chi connectivity index (χ2n) is 8.82. The average molecular weight is 540 g/mol. The topological polar surface area (TPSA) is 122 Å². The van der Waals surface area contributed by atoms with Gasteiger partial charge < -0.3 is 20.3 Å². The van der Waals surface area contributed by atoms with Crippen molar-refractivity contribution >= 4 is 40.8 Å². The molecule has 37 heavy (non-hydrogen) atoms. The van der Waals surface area contributed by atoms with Crippen molar-refractivity contribution in [1.82, 2.24) is 20.3 Å². The zero-order valence-corrected chi connectivity index (χ0v) is 21.1. The largest absolute Gasteiger partial charge is 0.507 e. The van der Waals surface area contributed by atoms with Gasteiger partial charge in [-0.2, -0.15) is 9.78 Å². The summed E-state index contributed by atoms with van der Waals surface area (Å²) in [6.07, 6.45) is 5.46. The van der Waals surface area contributed by atoms with E-state index < -0.39 is 5.91 Å². The molecule has 0 unspecified atom stereocenters. The first kappa shape index (κ1) is 24.9. The number of carbonyl (C=O) groups excluding carboxylic acids is 2. The molecule has 0 bridgehead atoms. The fourth-order valence-corrected chi connectivity index (χ4v) is 4.78. The van der Waals surface area contributed by atoms with E-state index in [-0.39, 0.29) is 30.0 Å². The Bertz CT molecular complexity index is 1450. The molecule has 2 aromatic carbocycles. The van der Waals surface area contributed by atoms with Gasteiger partial charge in [-0.3, -0.25) is 4.79 Å². The van der Waals surface area contributed by atoms with Crippen LogP contribution in [-0.4, -0.2) is 32.0 Å². The molecular formula is C26H23Cl2N5O4. The Morgan fingerprint density at radius 3 is 2.57 bits per heavy atom. The van der Waals surface area contributed by atoms with Crippen LogP contribution in [0.2, 0.25) is 10.0 Å². The molecule has 0 radical (unpaired) electrons. The molecule has 0 aliphatic heterocycles. The third kappa shape index (κ3) is 5.47. The molecular weight excluding hydrogens is 517 g/mol. The van der Waals surface area contributed by atoms with E-state index in [4.69, 9.17) is 27.7 Å². The predicted molar refractivity (Wildman–Crippen MR) is 139 cm³/mol. The lowest BCUT2D eigenvalue weighted by atomic mass is 10.0. The summed E-state index contributed by atoms with van der Waals surface area (Å²) in [5, 5.41) is 25.2.